The topological polar surface area (TPSA) is 35.5 Å². The highest BCUT2D eigenvalue weighted by Crippen LogP contribution is 2.59. The van der Waals surface area contributed by atoms with E-state index in [0.717, 1.165) is 25.0 Å². The first-order valence-electron chi connectivity index (χ1n) is 9.07. The number of carbonyl (C=O) groups excluding carboxylic acids is 1. The molecule has 0 N–H and O–H groups in total. The molecule has 1 aromatic carbocycles. The molecule has 3 aliphatic carbocycles. The number of hydrogen-bond acceptors (Lipinski definition) is 3. The van der Waals surface area contributed by atoms with Crippen LogP contribution in [0, 0.1) is 11.3 Å². The van der Waals surface area contributed by atoms with Crippen LogP contribution in [-0.2, 0) is 16.0 Å². The number of fused-ring (bicyclic) bond motifs is 5. The van der Waals surface area contributed by atoms with E-state index in [9.17, 15) is 4.79 Å². The van der Waals surface area contributed by atoms with Gasteiger partial charge in [0.15, 0.2) is 0 Å². The summed E-state index contributed by atoms with van der Waals surface area (Å²) in [5.74, 6) is 2.02. The van der Waals surface area contributed by atoms with Gasteiger partial charge in [0.25, 0.3) is 0 Å². The standard InChI is InChI=1S/C21H26O3/c1-13(22)24-20-9-8-19-18-6-4-14-12-15(23-3)5-7-16(14)17(18)10-11-21(19,20)2/h5,7-8,12,17-18,20H,4,6,9-11H2,1-3H3/t17-,18-,20-,21+/m1/s1. The predicted molar refractivity (Wildman–Crippen MR) is 93.1 cm³/mol. The molecule has 4 atom stereocenters. The quantitative estimate of drug-likeness (QED) is 0.597. The van der Waals surface area contributed by atoms with Gasteiger partial charge < -0.3 is 9.47 Å². The molecule has 0 amide bonds. The smallest absolute Gasteiger partial charge is 0.302 e. The number of aryl methyl sites for hydroxylation is 1. The highest BCUT2D eigenvalue weighted by atomic mass is 16.5. The Morgan fingerprint density at radius 1 is 1.25 bits per heavy atom. The lowest BCUT2D eigenvalue weighted by Crippen LogP contribution is -2.41. The normalized spacial score (nSPS) is 33.8. The second-order valence-electron chi connectivity index (χ2n) is 7.77. The Balaban J connectivity index is 1.64. The molecule has 128 valence electrons. The molecule has 0 saturated heterocycles. The van der Waals surface area contributed by atoms with Crippen molar-refractivity contribution >= 4 is 5.97 Å². The maximum atomic E-state index is 11.5. The van der Waals surface area contributed by atoms with Crippen molar-refractivity contribution in [2.45, 2.75) is 58.0 Å². The molecule has 3 nitrogen and oxygen atoms in total. The van der Waals surface area contributed by atoms with Gasteiger partial charge in [0, 0.05) is 18.8 Å². The molecule has 0 radical (unpaired) electrons. The Hall–Kier alpha value is -1.77. The van der Waals surface area contributed by atoms with Gasteiger partial charge in [0.05, 0.1) is 7.11 Å². The van der Waals surface area contributed by atoms with Crippen LogP contribution < -0.4 is 4.74 Å². The van der Waals surface area contributed by atoms with Crippen LogP contribution >= 0.6 is 0 Å². The lowest BCUT2D eigenvalue weighted by atomic mass is 9.58. The largest absolute Gasteiger partial charge is 0.497 e. The van der Waals surface area contributed by atoms with Crippen LogP contribution in [0.5, 0.6) is 5.75 Å². The maximum Gasteiger partial charge on any atom is 0.302 e. The Bertz CT molecular complexity index is 705. The van der Waals surface area contributed by atoms with Gasteiger partial charge in [-0.1, -0.05) is 24.6 Å². The van der Waals surface area contributed by atoms with Crippen LogP contribution in [0.3, 0.4) is 0 Å². The molecule has 0 spiro atoms. The zero-order valence-electron chi connectivity index (χ0n) is 14.8. The summed E-state index contributed by atoms with van der Waals surface area (Å²) < 4.78 is 11.0. The van der Waals surface area contributed by atoms with E-state index in [1.165, 1.54) is 30.9 Å². The lowest BCUT2D eigenvalue weighted by Gasteiger charge is -2.48. The van der Waals surface area contributed by atoms with Crippen LogP contribution in [0.25, 0.3) is 0 Å². The van der Waals surface area contributed by atoms with Crippen molar-refractivity contribution in [2.24, 2.45) is 11.3 Å². The number of benzene rings is 1. The molecule has 0 unspecified atom stereocenters. The number of rotatable bonds is 2. The van der Waals surface area contributed by atoms with Crippen molar-refractivity contribution in [1.82, 2.24) is 0 Å². The van der Waals surface area contributed by atoms with Gasteiger partial charge in [-0.25, -0.2) is 0 Å². The summed E-state index contributed by atoms with van der Waals surface area (Å²) in [6.45, 7) is 3.83. The Morgan fingerprint density at radius 2 is 2.08 bits per heavy atom. The molecule has 1 fully saturated rings. The molecule has 3 aliphatic rings. The van der Waals surface area contributed by atoms with Crippen LogP contribution in [-0.4, -0.2) is 19.2 Å². The van der Waals surface area contributed by atoms with Crippen molar-refractivity contribution in [2.75, 3.05) is 7.11 Å². The predicted octanol–water partition coefficient (Wildman–Crippen LogP) is 4.40. The first kappa shape index (κ1) is 15.7. The fraction of sp³-hybridized carbons (Fsp3) is 0.571. The molecule has 3 heteroatoms. The molecule has 0 heterocycles. The van der Waals surface area contributed by atoms with E-state index in [-0.39, 0.29) is 17.5 Å². The second-order valence-corrected chi connectivity index (χ2v) is 7.77. The molecule has 1 saturated carbocycles. The van der Waals surface area contributed by atoms with Gasteiger partial charge in [-0.15, -0.1) is 0 Å². The van der Waals surface area contributed by atoms with Crippen LogP contribution in [0.2, 0.25) is 0 Å². The SMILES string of the molecule is COc1ccc2c(c1)CC[C@H]1C3=CC[C@@H](OC(C)=O)[C@@]3(C)CC[C@H]21. The van der Waals surface area contributed by atoms with E-state index in [0.29, 0.717) is 11.8 Å². The number of ether oxygens (including phenoxy) is 2. The monoisotopic (exact) mass is 326 g/mol. The minimum atomic E-state index is -0.154. The number of methoxy groups -OCH3 is 1. The summed E-state index contributed by atoms with van der Waals surface area (Å²) in [7, 11) is 1.73. The lowest BCUT2D eigenvalue weighted by molar-refractivity contribution is -0.151. The van der Waals surface area contributed by atoms with Crippen molar-refractivity contribution < 1.29 is 14.3 Å². The summed E-state index contributed by atoms with van der Waals surface area (Å²) >= 11 is 0. The van der Waals surface area contributed by atoms with Crippen LogP contribution in [0.1, 0.15) is 56.6 Å². The minimum absolute atomic E-state index is 0.0308. The van der Waals surface area contributed by atoms with E-state index in [2.05, 4.69) is 31.2 Å². The third-order valence-corrected chi connectivity index (χ3v) is 6.56. The average Bonchev–Trinajstić information content (AvgIpc) is 2.90. The molecular formula is C21H26O3. The molecule has 0 aliphatic heterocycles. The summed E-state index contributed by atoms with van der Waals surface area (Å²) in [6.07, 6.45) is 7.86. The fourth-order valence-corrected chi connectivity index (χ4v) is 5.37. The summed E-state index contributed by atoms with van der Waals surface area (Å²) in [5.41, 5.74) is 4.54. The van der Waals surface area contributed by atoms with Gasteiger partial charge in [-0.3, -0.25) is 4.79 Å². The highest BCUT2D eigenvalue weighted by molar-refractivity contribution is 5.66. The third-order valence-electron chi connectivity index (χ3n) is 6.56. The van der Waals surface area contributed by atoms with E-state index in [1.54, 1.807) is 12.7 Å². The Kier molecular flexibility index (Phi) is 3.70. The molecule has 4 rings (SSSR count). The number of carbonyl (C=O) groups is 1. The van der Waals surface area contributed by atoms with Crippen LogP contribution in [0.4, 0.5) is 0 Å². The maximum absolute atomic E-state index is 11.5. The van der Waals surface area contributed by atoms with Gasteiger partial charge in [0.2, 0.25) is 0 Å². The van der Waals surface area contributed by atoms with Crippen molar-refractivity contribution in [3.05, 3.63) is 41.0 Å². The molecular weight excluding hydrogens is 300 g/mol. The first-order chi connectivity index (χ1) is 11.5. The minimum Gasteiger partial charge on any atom is -0.497 e. The average molecular weight is 326 g/mol. The van der Waals surface area contributed by atoms with E-state index < -0.39 is 0 Å². The zero-order chi connectivity index (χ0) is 16.9. The third kappa shape index (κ3) is 2.28. The van der Waals surface area contributed by atoms with E-state index in [1.807, 2.05) is 0 Å². The van der Waals surface area contributed by atoms with Gasteiger partial charge in [-0.2, -0.15) is 0 Å². The van der Waals surface area contributed by atoms with Crippen molar-refractivity contribution in [3.8, 4) is 5.75 Å². The molecule has 0 aromatic heterocycles. The first-order valence-corrected chi connectivity index (χ1v) is 9.07. The Morgan fingerprint density at radius 3 is 2.83 bits per heavy atom. The van der Waals surface area contributed by atoms with Gasteiger partial charge in [0.1, 0.15) is 11.9 Å². The number of hydrogen-bond donors (Lipinski definition) is 0. The van der Waals surface area contributed by atoms with E-state index in [4.69, 9.17) is 9.47 Å². The summed E-state index contributed by atoms with van der Waals surface area (Å²) in [6, 6.07) is 6.58. The molecule has 0 bridgehead atoms. The molecule has 24 heavy (non-hydrogen) atoms. The van der Waals surface area contributed by atoms with Crippen LogP contribution in [0.15, 0.2) is 29.8 Å². The van der Waals surface area contributed by atoms with Gasteiger partial charge in [-0.05, 0) is 60.8 Å². The highest BCUT2D eigenvalue weighted by Gasteiger charge is 2.51. The van der Waals surface area contributed by atoms with Gasteiger partial charge >= 0.3 is 5.97 Å². The van der Waals surface area contributed by atoms with E-state index >= 15 is 0 Å². The van der Waals surface area contributed by atoms with Crippen molar-refractivity contribution in [1.29, 1.82) is 0 Å². The fourth-order valence-electron chi connectivity index (χ4n) is 5.37. The Labute approximate surface area is 144 Å². The summed E-state index contributed by atoms with van der Waals surface area (Å²) in [5, 5.41) is 0. The number of esters is 1. The second kappa shape index (κ2) is 5.65. The molecule has 1 aromatic rings. The van der Waals surface area contributed by atoms with Crippen molar-refractivity contribution in [3.63, 3.8) is 0 Å². The zero-order valence-corrected chi connectivity index (χ0v) is 14.8. The summed E-state index contributed by atoms with van der Waals surface area (Å²) in [4.78, 5) is 11.5.